The van der Waals surface area contributed by atoms with Crippen LogP contribution in [0.1, 0.15) is 96.9 Å². The number of hydrogen-bond acceptors (Lipinski definition) is 7. The van der Waals surface area contributed by atoms with Crippen LogP contribution in [0.2, 0.25) is 0 Å². The molecule has 0 aromatic heterocycles. The molecule has 2 aromatic rings. The standard InChI is InChI=1S/C34H43N3O9/c1-20(38)36-28(14-22-11-12-29(46-19-32(41)42)24(13-22)16-31(39)40)34(44)37-27-10-6-5-9-23-15-30(26(33(35)43)17-25(23)27)45-18-21-7-3-2-4-8-21/h11-13,15,17,21,27-28H,2-10,14,16,18-19H2,1H3,(H2,35,43)(H,36,38)(H,37,44)(H,39,40)(H,41,42)/t27-,28-/m0/s1. The number of hydrogen-bond donors (Lipinski definition) is 5. The van der Waals surface area contributed by atoms with Crippen LogP contribution in [0.4, 0.5) is 0 Å². The number of rotatable bonds is 14. The predicted octanol–water partition coefficient (Wildman–Crippen LogP) is 3.47. The number of ether oxygens (including phenoxy) is 2. The summed E-state index contributed by atoms with van der Waals surface area (Å²) in [5.74, 6) is -2.82. The predicted molar refractivity (Wildman–Crippen MR) is 168 cm³/mol. The molecule has 0 spiro atoms. The zero-order valence-electron chi connectivity index (χ0n) is 26.1. The van der Waals surface area contributed by atoms with E-state index in [0.29, 0.717) is 30.3 Å². The number of aryl methyl sites for hydroxylation is 1. The van der Waals surface area contributed by atoms with E-state index in [2.05, 4.69) is 10.6 Å². The molecule has 0 aliphatic heterocycles. The highest BCUT2D eigenvalue weighted by Gasteiger charge is 2.28. The minimum absolute atomic E-state index is 0.0390. The van der Waals surface area contributed by atoms with E-state index in [1.165, 1.54) is 38.3 Å². The van der Waals surface area contributed by atoms with Crippen molar-refractivity contribution >= 4 is 29.7 Å². The first-order valence-electron chi connectivity index (χ1n) is 15.8. The van der Waals surface area contributed by atoms with Gasteiger partial charge in [-0.25, -0.2) is 4.79 Å². The smallest absolute Gasteiger partial charge is 0.341 e. The lowest BCUT2D eigenvalue weighted by atomic mass is 9.90. The van der Waals surface area contributed by atoms with Gasteiger partial charge >= 0.3 is 11.9 Å². The highest BCUT2D eigenvalue weighted by Crippen LogP contribution is 2.35. The molecule has 2 aromatic carbocycles. The summed E-state index contributed by atoms with van der Waals surface area (Å²) in [5.41, 5.74) is 8.60. The maximum Gasteiger partial charge on any atom is 0.341 e. The molecule has 1 fully saturated rings. The number of aliphatic carboxylic acids is 2. The van der Waals surface area contributed by atoms with Crippen molar-refractivity contribution in [2.24, 2.45) is 11.7 Å². The Balaban J connectivity index is 1.55. The second-order valence-corrected chi connectivity index (χ2v) is 12.2. The van der Waals surface area contributed by atoms with E-state index in [1.807, 2.05) is 6.07 Å². The van der Waals surface area contributed by atoms with Gasteiger partial charge in [-0.05, 0) is 72.9 Å². The van der Waals surface area contributed by atoms with Crippen LogP contribution in [-0.2, 0) is 38.4 Å². The Morgan fingerprint density at radius 3 is 2.33 bits per heavy atom. The fourth-order valence-electron chi connectivity index (χ4n) is 6.33. The molecule has 2 aliphatic rings. The van der Waals surface area contributed by atoms with Crippen LogP contribution in [0, 0.1) is 5.92 Å². The largest absolute Gasteiger partial charge is 0.492 e. The lowest BCUT2D eigenvalue weighted by Crippen LogP contribution is -2.48. The fourth-order valence-corrected chi connectivity index (χ4v) is 6.33. The molecule has 0 unspecified atom stereocenters. The average Bonchev–Trinajstić information content (AvgIpc) is 3.20. The van der Waals surface area contributed by atoms with Crippen LogP contribution in [0.3, 0.4) is 0 Å². The van der Waals surface area contributed by atoms with Gasteiger partial charge in [0.1, 0.15) is 17.5 Å². The number of benzene rings is 2. The number of fused-ring (bicyclic) bond motifs is 1. The minimum atomic E-state index is -1.21. The van der Waals surface area contributed by atoms with Gasteiger partial charge < -0.3 is 36.1 Å². The Morgan fingerprint density at radius 2 is 1.65 bits per heavy atom. The van der Waals surface area contributed by atoms with Gasteiger partial charge in [0.25, 0.3) is 5.91 Å². The highest BCUT2D eigenvalue weighted by molar-refractivity contribution is 5.96. The average molecular weight is 638 g/mol. The van der Waals surface area contributed by atoms with E-state index in [1.54, 1.807) is 12.1 Å². The van der Waals surface area contributed by atoms with E-state index < -0.39 is 54.8 Å². The Morgan fingerprint density at radius 1 is 0.913 bits per heavy atom. The molecule has 12 heteroatoms. The van der Waals surface area contributed by atoms with Crippen molar-refractivity contribution in [3.63, 3.8) is 0 Å². The molecule has 0 heterocycles. The van der Waals surface area contributed by atoms with E-state index in [9.17, 15) is 29.1 Å². The zero-order valence-corrected chi connectivity index (χ0v) is 26.1. The van der Waals surface area contributed by atoms with Crippen molar-refractivity contribution in [2.75, 3.05) is 13.2 Å². The van der Waals surface area contributed by atoms with Gasteiger partial charge in [0.15, 0.2) is 6.61 Å². The van der Waals surface area contributed by atoms with Crippen LogP contribution in [0.15, 0.2) is 30.3 Å². The van der Waals surface area contributed by atoms with Gasteiger partial charge in [-0.15, -0.1) is 0 Å². The molecule has 1 saturated carbocycles. The first-order valence-corrected chi connectivity index (χ1v) is 15.8. The summed E-state index contributed by atoms with van der Waals surface area (Å²) < 4.78 is 11.4. The molecule has 0 bridgehead atoms. The third-order valence-corrected chi connectivity index (χ3v) is 8.54. The Hall–Kier alpha value is -4.61. The molecule has 46 heavy (non-hydrogen) atoms. The lowest BCUT2D eigenvalue weighted by Gasteiger charge is -2.26. The van der Waals surface area contributed by atoms with E-state index in [4.69, 9.17) is 20.3 Å². The number of carbonyl (C=O) groups excluding carboxylic acids is 3. The summed E-state index contributed by atoms with van der Waals surface area (Å²) in [6, 6.07) is 6.75. The topological polar surface area (TPSA) is 194 Å². The van der Waals surface area contributed by atoms with Crippen LogP contribution in [0.5, 0.6) is 11.5 Å². The van der Waals surface area contributed by atoms with Crippen molar-refractivity contribution in [1.82, 2.24) is 10.6 Å². The van der Waals surface area contributed by atoms with Crippen molar-refractivity contribution in [1.29, 1.82) is 0 Å². The van der Waals surface area contributed by atoms with Crippen LogP contribution >= 0.6 is 0 Å². The molecule has 0 saturated heterocycles. The highest BCUT2D eigenvalue weighted by atomic mass is 16.5. The Bertz CT molecular complexity index is 1450. The third kappa shape index (κ3) is 9.69. The van der Waals surface area contributed by atoms with Crippen LogP contribution < -0.4 is 25.8 Å². The molecular weight excluding hydrogens is 594 g/mol. The molecule has 12 nitrogen and oxygen atoms in total. The lowest BCUT2D eigenvalue weighted by molar-refractivity contribution is -0.139. The number of primary amides is 1. The number of carboxylic acids is 2. The van der Waals surface area contributed by atoms with Crippen molar-refractivity contribution in [3.05, 3.63) is 58.1 Å². The van der Waals surface area contributed by atoms with Crippen LogP contribution in [0.25, 0.3) is 0 Å². The van der Waals surface area contributed by atoms with Crippen molar-refractivity contribution in [2.45, 2.75) is 89.6 Å². The summed E-state index contributed by atoms with van der Waals surface area (Å²) in [7, 11) is 0. The monoisotopic (exact) mass is 637 g/mol. The molecule has 2 atom stereocenters. The molecule has 3 amide bonds. The zero-order chi connectivity index (χ0) is 33.2. The third-order valence-electron chi connectivity index (χ3n) is 8.54. The summed E-state index contributed by atoms with van der Waals surface area (Å²) in [4.78, 5) is 60.8. The van der Waals surface area contributed by atoms with E-state index in [0.717, 1.165) is 43.2 Å². The second-order valence-electron chi connectivity index (χ2n) is 12.2. The first kappa shape index (κ1) is 34.3. The van der Waals surface area contributed by atoms with Gasteiger partial charge in [-0.3, -0.25) is 19.2 Å². The van der Waals surface area contributed by atoms with Gasteiger partial charge in [-0.2, -0.15) is 0 Å². The van der Waals surface area contributed by atoms with E-state index >= 15 is 0 Å². The van der Waals surface area contributed by atoms with Gasteiger partial charge in [-0.1, -0.05) is 37.8 Å². The summed E-state index contributed by atoms with van der Waals surface area (Å²) >= 11 is 0. The van der Waals surface area contributed by atoms with E-state index in [-0.39, 0.29) is 23.3 Å². The number of nitrogens with one attached hydrogen (secondary N) is 2. The molecule has 0 radical (unpaired) electrons. The number of amides is 3. The molecule has 2 aliphatic carbocycles. The Labute approximate surface area is 268 Å². The molecule has 248 valence electrons. The summed E-state index contributed by atoms with van der Waals surface area (Å²) in [6.07, 6.45) is 8.48. The number of carboxylic acid groups (broad SMARTS) is 2. The molecular formula is C34H43N3O9. The van der Waals surface area contributed by atoms with Crippen molar-refractivity contribution in [3.8, 4) is 11.5 Å². The quantitative estimate of drug-likeness (QED) is 0.193. The maximum atomic E-state index is 13.7. The minimum Gasteiger partial charge on any atom is -0.492 e. The summed E-state index contributed by atoms with van der Waals surface area (Å²) in [6.45, 7) is 1.18. The second kappa shape index (κ2) is 16.1. The fraction of sp³-hybridized carbons (Fsp3) is 0.500. The Kier molecular flexibility index (Phi) is 12.0. The SMILES string of the molecule is CC(=O)N[C@@H](Cc1ccc(OCC(=O)O)c(CC(=O)O)c1)C(=O)N[C@H]1CCCCc2cc(OCC3CCCCC3)c(C(N)=O)cc21. The van der Waals surface area contributed by atoms with Gasteiger partial charge in [0.05, 0.1) is 24.6 Å². The molecule has 4 rings (SSSR count). The van der Waals surface area contributed by atoms with Gasteiger partial charge in [0, 0.05) is 18.9 Å². The number of carbonyl (C=O) groups is 5. The van der Waals surface area contributed by atoms with Crippen LogP contribution in [-0.4, -0.2) is 59.1 Å². The van der Waals surface area contributed by atoms with Gasteiger partial charge in [0.2, 0.25) is 11.8 Å². The summed E-state index contributed by atoms with van der Waals surface area (Å²) in [5, 5.41) is 24.1. The first-order chi connectivity index (χ1) is 22.0. The van der Waals surface area contributed by atoms with Crippen molar-refractivity contribution < 1.29 is 43.7 Å². The molecule has 6 N–H and O–H groups in total. The normalized spacial score (nSPS) is 17.1. The number of nitrogens with two attached hydrogens (primary N) is 1. The maximum absolute atomic E-state index is 13.7.